The van der Waals surface area contributed by atoms with Crippen molar-refractivity contribution in [1.29, 1.82) is 0 Å². The monoisotopic (exact) mass is 510 g/mol. The Labute approximate surface area is 188 Å². The predicted octanol–water partition coefficient (Wildman–Crippen LogP) is 4.92. The van der Waals surface area contributed by atoms with Gasteiger partial charge < -0.3 is 15.0 Å². The molecule has 0 saturated carbocycles. The molecule has 11 heteroatoms. The maximum atomic E-state index is 13.4. The van der Waals surface area contributed by atoms with E-state index in [4.69, 9.17) is 4.74 Å². The summed E-state index contributed by atoms with van der Waals surface area (Å²) in [4.78, 5) is 22.4. The van der Waals surface area contributed by atoms with Gasteiger partial charge in [0.15, 0.2) is 0 Å². The van der Waals surface area contributed by atoms with Gasteiger partial charge in [0, 0.05) is 11.8 Å². The molecule has 2 heterocycles. The van der Waals surface area contributed by atoms with Crippen LogP contribution in [0.1, 0.15) is 16.1 Å². The van der Waals surface area contributed by atoms with Crippen molar-refractivity contribution >= 4 is 33.3 Å². The van der Waals surface area contributed by atoms with Gasteiger partial charge in [-0.25, -0.2) is 14.4 Å². The van der Waals surface area contributed by atoms with Crippen molar-refractivity contribution in [3.05, 3.63) is 76.4 Å². The summed E-state index contributed by atoms with van der Waals surface area (Å²) in [5, 5.41) is 2.48. The highest BCUT2D eigenvalue weighted by molar-refractivity contribution is 9.10. The van der Waals surface area contributed by atoms with E-state index in [2.05, 4.69) is 31.2 Å². The van der Waals surface area contributed by atoms with Crippen LogP contribution in [-0.2, 0) is 6.18 Å². The van der Waals surface area contributed by atoms with E-state index in [1.807, 2.05) is 4.90 Å². The number of carbonyl (C=O) groups excluding carboxylic acids is 1. The van der Waals surface area contributed by atoms with E-state index in [0.29, 0.717) is 29.1 Å². The Bertz CT molecular complexity index is 1120. The third-order valence-electron chi connectivity index (χ3n) is 4.70. The molecule has 2 aromatic carbocycles. The summed E-state index contributed by atoms with van der Waals surface area (Å²) in [6.45, 7) is 1.02. The standard InChI is InChI=1S/C21H15BrF4N4O2/c22-16-6-3-13(23)7-18(16)32-15-10-30(11-15)19-9-27-17(8-28-19)20(31)29-14-4-1-12(2-5-14)21(24,25)26/h1-9,15H,10-11H2,(H,29,31). The fraction of sp³-hybridized carbons (Fsp3) is 0.190. The molecule has 3 aromatic rings. The normalized spacial score (nSPS) is 14.1. The van der Waals surface area contributed by atoms with Crippen molar-refractivity contribution in [2.75, 3.05) is 23.3 Å². The average Bonchev–Trinajstić information content (AvgIpc) is 2.72. The smallest absolute Gasteiger partial charge is 0.416 e. The van der Waals surface area contributed by atoms with Crippen LogP contribution in [0.3, 0.4) is 0 Å². The number of alkyl halides is 3. The Morgan fingerprint density at radius 3 is 2.44 bits per heavy atom. The van der Waals surface area contributed by atoms with Crippen LogP contribution in [0.4, 0.5) is 29.1 Å². The minimum absolute atomic E-state index is 0.0191. The molecule has 1 aliphatic heterocycles. The Balaban J connectivity index is 1.31. The van der Waals surface area contributed by atoms with Crippen LogP contribution < -0.4 is 15.0 Å². The molecular weight excluding hydrogens is 496 g/mol. The lowest BCUT2D eigenvalue weighted by Gasteiger charge is -2.39. The molecule has 32 heavy (non-hydrogen) atoms. The minimum Gasteiger partial charge on any atom is -0.485 e. The van der Waals surface area contributed by atoms with E-state index >= 15 is 0 Å². The van der Waals surface area contributed by atoms with Gasteiger partial charge in [-0.05, 0) is 52.3 Å². The van der Waals surface area contributed by atoms with E-state index < -0.39 is 23.5 Å². The predicted molar refractivity (Wildman–Crippen MR) is 112 cm³/mol. The van der Waals surface area contributed by atoms with Gasteiger partial charge in [-0.1, -0.05) is 0 Å². The van der Waals surface area contributed by atoms with E-state index in [1.165, 1.54) is 36.7 Å². The second kappa shape index (κ2) is 8.73. The van der Waals surface area contributed by atoms with Crippen molar-refractivity contribution in [1.82, 2.24) is 9.97 Å². The molecule has 1 saturated heterocycles. The van der Waals surface area contributed by atoms with Crippen molar-refractivity contribution in [2.45, 2.75) is 12.3 Å². The zero-order valence-corrected chi connectivity index (χ0v) is 17.8. The molecule has 1 aliphatic rings. The maximum absolute atomic E-state index is 13.4. The fourth-order valence-corrected chi connectivity index (χ4v) is 3.33. The number of aromatic nitrogens is 2. The third kappa shape index (κ3) is 4.98. The summed E-state index contributed by atoms with van der Waals surface area (Å²) in [5.41, 5.74) is -0.577. The lowest BCUT2D eigenvalue weighted by atomic mass is 10.1. The van der Waals surface area contributed by atoms with Gasteiger partial charge >= 0.3 is 6.18 Å². The highest BCUT2D eigenvalue weighted by atomic mass is 79.9. The number of amides is 1. The van der Waals surface area contributed by atoms with Crippen LogP contribution >= 0.6 is 15.9 Å². The van der Waals surface area contributed by atoms with Crippen molar-refractivity contribution in [2.24, 2.45) is 0 Å². The Morgan fingerprint density at radius 2 is 1.81 bits per heavy atom. The molecule has 1 fully saturated rings. The second-order valence-electron chi connectivity index (χ2n) is 7.01. The first-order chi connectivity index (χ1) is 15.2. The van der Waals surface area contributed by atoms with Crippen LogP contribution in [0.15, 0.2) is 59.3 Å². The van der Waals surface area contributed by atoms with E-state index in [9.17, 15) is 22.4 Å². The zero-order chi connectivity index (χ0) is 22.9. The summed E-state index contributed by atoms with van der Waals surface area (Å²) in [6, 6.07) is 8.30. The molecule has 1 amide bonds. The van der Waals surface area contributed by atoms with Crippen LogP contribution in [0.5, 0.6) is 5.75 Å². The number of ether oxygens (including phenoxy) is 1. The molecule has 0 atom stereocenters. The van der Waals surface area contributed by atoms with Gasteiger partial charge in [0.2, 0.25) is 0 Å². The largest absolute Gasteiger partial charge is 0.485 e. The van der Waals surface area contributed by atoms with Gasteiger partial charge in [-0.2, -0.15) is 13.2 Å². The van der Waals surface area contributed by atoms with Crippen LogP contribution in [-0.4, -0.2) is 35.1 Å². The van der Waals surface area contributed by atoms with Gasteiger partial charge in [-0.3, -0.25) is 4.79 Å². The van der Waals surface area contributed by atoms with Crippen molar-refractivity contribution in [3.63, 3.8) is 0 Å². The Kier molecular flexibility index (Phi) is 6.00. The minimum atomic E-state index is -4.45. The number of nitrogens with zero attached hydrogens (tertiary/aromatic N) is 3. The summed E-state index contributed by atoms with van der Waals surface area (Å²) in [6.07, 6.45) is -1.89. The van der Waals surface area contributed by atoms with Gasteiger partial charge in [-0.15, -0.1) is 0 Å². The van der Waals surface area contributed by atoms with E-state index in [1.54, 1.807) is 6.07 Å². The molecule has 4 rings (SSSR count). The first-order valence-corrected chi connectivity index (χ1v) is 10.2. The number of rotatable bonds is 5. The molecule has 1 aromatic heterocycles. The highest BCUT2D eigenvalue weighted by Gasteiger charge is 2.31. The highest BCUT2D eigenvalue weighted by Crippen LogP contribution is 2.30. The third-order valence-corrected chi connectivity index (χ3v) is 5.35. The Hall–Kier alpha value is -3.21. The second-order valence-corrected chi connectivity index (χ2v) is 7.86. The number of anilines is 2. The molecule has 0 unspecified atom stereocenters. The van der Waals surface area contributed by atoms with E-state index in [0.717, 1.165) is 12.1 Å². The van der Waals surface area contributed by atoms with Crippen molar-refractivity contribution < 1.29 is 27.1 Å². The topological polar surface area (TPSA) is 67.4 Å². The first kappa shape index (κ1) is 22.0. The van der Waals surface area contributed by atoms with Crippen LogP contribution in [0.25, 0.3) is 0 Å². The summed E-state index contributed by atoms with van der Waals surface area (Å²) < 4.78 is 57.6. The molecule has 0 spiro atoms. The summed E-state index contributed by atoms with van der Waals surface area (Å²) in [7, 11) is 0. The zero-order valence-electron chi connectivity index (χ0n) is 16.2. The number of halogens is 5. The molecular formula is C21H15BrF4N4O2. The molecule has 0 radical (unpaired) electrons. The lowest BCUT2D eigenvalue weighted by Crippen LogP contribution is -2.54. The van der Waals surface area contributed by atoms with Crippen LogP contribution in [0, 0.1) is 5.82 Å². The number of hydrogen-bond donors (Lipinski definition) is 1. The molecule has 0 bridgehead atoms. The number of hydrogen-bond acceptors (Lipinski definition) is 5. The van der Waals surface area contributed by atoms with Crippen molar-refractivity contribution in [3.8, 4) is 5.75 Å². The Morgan fingerprint density at radius 1 is 1.09 bits per heavy atom. The first-order valence-electron chi connectivity index (χ1n) is 9.36. The number of nitrogens with one attached hydrogen (secondary N) is 1. The lowest BCUT2D eigenvalue weighted by molar-refractivity contribution is -0.137. The van der Waals surface area contributed by atoms with E-state index in [-0.39, 0.29) is 17.5 Å². The van der Waals surface area contributed by atoms with Gasteiger partial charge in [0.25, 0.3) is 5.91 Å². The molecule has 1 N–H and O–H groups in total. The molecule has 6 nitrogen and oxygen atoms in total. The SMILES string of the molecule is O=C(Nc1ccc(C(F)(F)F)cc1)c1cnc(N2CC(Oc3cc(F)ccc3Br)C2)cn1. The fourth-order valence-electron chi connectivity index (χ4n) is 2.99. The molecule has 166 valence electrons. The quantitative estimate of drug-likeness (QED) is 0.493. The average molecular weight is 511 g/mol. The summed E-state index contributed by atoms with van der Waals surface area (Å²) >= 11 is 3.31. The van der Waals surface area contributed by atoms with Gasteiger partial charge in [0.05, 0.1) is 35.5 Å². The molecule has 0 aliphatic carbocycles. The van der Waals surface area contributed by atoms with Crippen LogP contribution in [0.2, 0.25) is 0 Å². The summed E-state index contributed by atoms with van der Waals surface area (Å²) in [5.74, 6) is -0.0368. The number of benzene rings is 2. The number of carbonyl (C=O) groups is 1. The van der Waals surface area contributed by atoms with Gasteiger partial charge in [0.1, 0.15) is 29.2 Å². The maximum Gasteiger partial charge on any atom is 0.416 e.